The van der Waals surface area contributed by atoms with E-state index in [1.54, 1.807) is 13.4 Å². The van der Waals surface area contributed by atoms with E-state index >= 15 is 0 Å². The number of aliphatic hydroxyl groups is 1. The lowest BCUT2D eigenvalue weighted by molar-refractivity contribution is -0.159. The molecule has 0 aliphatic carbocycles. The number of aliphatic hydroxyl groups excluding tert-OH is 1. The normalized spacial score (nSPS) is 18.5. The van der Waals surface area contributed by atoms with Crippen molar-refractivity contribution in [1.29, 1.82) is 0 Å². The summed E-state index contributed by atoms with van der Waals surface area (Å²) < 4.78 is 18.0. The van der Waals surface area contributed by atoms with Crippen LogP contribution < -0.4 is 9.47 Å². The number of likely N-dealkylation sites (tertiary alicyclic amines) is 1. The number of carboxylic acids is 2. The van der Waals surface area contributed by atoms with Crippen molar-refractivity contribution in [2.45, 2.75) is 37.8 Å². The molecule has 5 rings (SSSR count). The van der Waals surface area contributed by atoms with Crippen LogP contribution in [0.4, 0.5) is 0 Å². The molecule has 0 bridgehead atoms. The predicted octanol–water partition coefficient (Wildman–Crippen LogP) is 4.82. The minimum Gasteiger partial charge on any atom is -0.497 e. The molecule has 38 heavy (non-hydrogen) atoms. The molecule has 0 spiro atoms. The standard InChI is InChI=1S/C26H29NO4S.C2H2O4/c1-17-12-19(25-13-18-6-7-21(29-2)14-26(18)32-25)8-10-27(17)15-20(28)16-31-24-5-3-4-23-22(24)9-11-30-23;3-1(4)2(5)6/h3-7,9,11,13-14,17,19-20,28H,8,10,12,15-16H2,1-2H3;(H,3,4)(H,5,6)/t17-,19+,20-;/m0./s1. The van der Waals surface area contributed by atoms with Gasteiger partial charge >= 0.3 is 11.9 Å². The van der Waals surface area contributed by atoms with E-state index in [1.165, 1.54) is 15.0 Å². The molecule has 1 fully saturated rings. The van der Waals surface area contributed by atoms with Crippen molar-refractivity contribution in [3.05, 3.63) is 59.7 Å². The maximum absolute atomic E-state index is 10.6. The van der Waals surface area contributed by atoms with E-state index in [4.69, 9.17) is 33.7 Å². The van der Waals surface area contributed by atoms with Gasteiger partial charge in [-0.25, -0.2) is 9.59 Å². The molecule has 1 aliphatic heterocycles. The zero-order valence-electron chi connectivity index (χ0n) is 21.2. The number of aliphatic carboxylic acids is 2. The van der Waals surface area contributed by atoms with E-state index in [0.29, 0.717) is 18.5 Å². The maximum atomic E-state index is 10.6. The lowest BCUT2D eigenvalue weighted by Gasteiger charge is -2.38. The van der Waals surface area contributed by atoms with Gasteiger partial charge < -0.3 is 29.2 Å². The van der Waals surface area contributed by atoms with E-state index in [-0.39, 0.29) is 6.61 Å². The first-order valence-electron chi connectivity index (χ1n) is 12.3. The molecule has 3 heterocycles. The SMILES string of the molecule is COc1ccc2cc([C@@H]3CCN(C[C@H](O)COc4cccc5occc45)[C@@H](C)C3)sc2c1.O=C(O)C(=O)O. The minimum atomic E-state index is -1.82. The quantitative estimate of drug-likeness (QED) is 0.282. The van der Waals surface area contributed by atoms with Crippen LogP contribution in [0.5, 0.6) is 11.5 Å². The number of nitrogens with zero attached hydrogens (tertiary/aromatic N) is 1. The van der Waals surface area contributed by atoms with Crippen LogP contribution in [0.3, 0.4) is 0 Å². The molecule has 202 valence electrons. The summed E-state index contributed by atoms with van der Waals surface area (Å²) in [6.45, 7) is 4.15. The van der Waals surface area contributed by atoms with Crippen molar-refractivity contribution in [3.63, 3.8) is 0 Å². The monoisotopic (exact) mass is 541 g/mol. The van der Waals surface area contributed by atoms with Crippen molar-refractivity contribution < 1.29 is 38.8 Å². The second-order valence-corrected chi connectivity index (χ2v) is 10.4. The summed E-state index contributed by atoms with van der Waals surface area (Å²) >= 11 is 1.88. The van der Waals surface area contributed by atoms with Gasteiger partial charge in [0.15, 0.2) is 0 Å². The highest BCUT2D eigenvalue weighted by Crippen LogP contribution is 2.39. The van der Waals surface area contributed by atoms with Crippen LogP contribution in [0.25, 0.3) is 21.1 Å². The number of piperidine rings is 1. The first-order valence-corrected chi connectivity index (χ1v) is 13.1. The summed E-state index contributed by atoms with van der Waals surface area (Å²) in [7, 11) is 1.71. The Labute approximate surface area is 223 Å². The van der Waals surface area contributed by atoms with E-state index in [2.05, 4.69) is 30.0 Å². The van der Waals surface area contributed by atoms with Gasteiger partial charge in [-0.05, 0) is 80.1 Å². The van der Waals surface area contributed by atoms with Gasteiger partial charge in [-0.15, -0.1) is 11.3 Å². The van der Waals surface area contributed by atoms with Crippen LogP contribution in [0.15, 0.2) is 59.2 Å². The second-order valence-electron chi connectivity index (χ2n) is 9.28. The lowest BCUT2D eigenvalue weighted by atomic mass is 9.90. The van der Waals surface area contributed by atoms with Gasteiger partial charge in [0.1, 0.15) is 29.8 Å². The highest BCUT2D eigenvalue weighted by atomic mass is 32.1. The van der Waals surface area contributed by atoms with Gasteiger partial charge in [0, 0.05) is 22.2 Å². The van der Waals surface area contributed by atoms with E-state index in [9.17, 15) is 5.11 Å². The average Bonchev–Trinajstić information content (AvgIpc) is 3.56. The Hall–Kier alpha value is -3.60. The predicted molar refractivity (Wildman–Crippen MR) is 144 cm³/mol. The van der Waals surface area contributed by atoms with Crippen LogP contribution in [-0.4, -0.2) is 71.1 Å². The molecule has 0 unspecified atom stereocenters. The Morgan fingerprint density at radius 3 is 2.66 bits per heavy atom. The third-order valence-corrected chi connectivity index (χ3v) is 7.94. The largest absolute Gasteiger partial charge is 0.497 e. The molecular formula is C28H31NO8S. The van der Waals surface area contributed by atoms with Crippen molar-refractivity contribution >= 4 is 44.3 Å². The average molecular weight is 542 g/mol. The van der Waals surface area contributed by atoms with Crippen LogP contribution in [0.2, 0.25) is 0 Å². The third kappa shape index (κ3) is 6.63. The molecule has 3 atom stereocenters. The van der Waals surface area contributed by atoms with Gasteiger partial charge in [-0.1, -0.05) is 6.07 Å². The molecule has 0 amide bonds. The Morgan fingerprint density at radius 2 is 1.95 bits per heavy atom. The molecule has 10 heteroatoms. The fourth-order valence-corrected chi connectivity index (χ4v) is 5.95. The molecule has 4 aromatic rings. The number of thiophene rings is 1. The minimum absolute atomic E-state index is 0.273. The van der Waals surface area contributed by atoms with Crippen LogP contribution in [0, 0.1) is 0 Å². The number of methoxy groups -OCH3 is 1. The topological polar surface area (TPSA) is 130 Å². The second kappa shape index (κ2) is 12.3. The van der Waals surface area contributed by atoms with E-state index in [0.717, 1.165) is 41.9 Å². The third-order valence-electron chi connectivity index (χ3n) is 6.68. The number of hydrogen-bond acceptors (Lipinski definition) is 8. The molecule has 9 nitrogen and oxygen atoms in total. The molecule has 0 saturated carbocycles. The number of hydrogen-bond donors (Lipinski definition) is 3. The first-order chi connectivity index (χ1) is 18.2. The number of rotatable bonds is 7. The molecule has 1 aliphatic rings. The highest BCUT2D eigenvalue weighted by molar-refractivity contribution is 7.19. The van der Waals surface area contributed by atoms with Gasteiger partial charge in [-0.3, -0.25) is 4.90 Å². The molecule has 0 radical (unpaired) electrons. The van der Waals surface area contributed by atoms with Crippen molar-refractivity contribution in [2.24, 2.45) is 0 Å². The van der Waals surface area contributed by atoms with Gasteiger partial charge in [-0.2, -0.15) is 0 Å². The van der Waals surface area contributed by atoms with Gasteiger partial charge in [0.05, 0.1) is 18.8 Å². The van der Waals surface area contributed by atoms with Gasteiger partial charge in [0.2, 0.25) is 0 Å². The molecule has 2 aromatic carbocycles. The smallest absolute Gasteiger partial charge is 0.414 e. The molecule has 3 N–H and O–H groups in total. The first kappa shape index (κ1) is 27.4. The van der Waals surface area contributed by atoms with Crippen molar-refractivity contribution in [3.8, 4) is 11.5 Å². The summed E-state index contributed by atoms with van der Waals surface area (Å²) in [6.07, 6.45) is 3.34. The Morgan fingerprint density at radius 1 is 1.16 bits per heavy atom. The Kier molecular flexibility index (Phi) is 8.88. The molecule has 1 saturated heterocycles. The van der Waals surface area contributed by atoms with Crippen LogP contribution >= 0.6 is 11.3 Å². The summed E-state index contributed by atoms with van der Waals surface area (Å²) in [4.78, 5) is 22.0. The number of benzene rings is 2. The Balaban J connectivity index is 0.000000505. The summed E-state index contributed by atoms with van der Waals surface area (Å²) in [5.74, 6) is -1.42. The summed E-state index contributed by atoms with van der Waals surface area (Å²) in [6, 6.07) is 16.7. The number of furan rings is 1. The summed E-state index contributed by atoms with van der Waals surface area (Å²) in [5, 5.41) is 27.6. The Bertz CT molecular complexity index is 1380. The number of fused-ring (bicyclic) bond motifs is 2. The maximum Gasteiger partial charge on any atom is 0.414 e. The molecular weight excluding hydrogens is 510 g/mol. The van der Waals surface area contributed by atoms with Crippen LogP contribution in [-0.2, 0) is 9.59 Å². The van der Waals surface area contributed by atoms with Crippen molar-refractivity contribution in [1.82, 2.24) is 4.90 Å². The number of ether oxygens (including phenoxy) is 2. The van der Waals surface area contributed by atoms with E-state index in [1.807, 2.05) is 41.7 Å². The number of β-amino-alcohol motifs (C(OH)–C–C–N with tert-alkyl or cyclic N) is 1. The number of carboxylic acid groups (broad SMARTS) is 2. The van der Waals surface area contributed by atoms with Crippen LogP contribution in [0.1, 0.15) is 30.6 Å². The van der Waals surface area contributed by atoms with Crippen molar-refractivity contribution in [2.75, 3.05) is 26.8 Å². The molecule has 2 aromatic heterocycles. The number of carbonyl (C=O) groups is 2. The van der Waals surface area contributed by atoms with Gasteiger partial charge in [0.25, 0.3) is 0 Å². The lowest BCUT2D eigenvalue weighted by Crippen LogP contribution is -2.45. The highest BCUT2D eigenvalue weighted by Gasteiger charge is 2.29. The zero-order valence-corrected chi connectivity index (χ0v) is 22.0. The van der Waals surface area contributed by atoms with E-state index < -0.39 is 18.0 Å². The zero-order chi connectivity index (χ0) is 27.2. The summed E-state index contributed by atoms with van der Waals surface area (Å²) in [5.41, 5.74) is 0.798. The fraction of sp³-hybridized carbons (Fsp3) is 0.357. The fourth-order valence-electron chi connectivity index (χ4n) is 4.71.